The third kappa shape index (κ3) is 7.15. The molecule has 0 fully saturated rings. The lowest BCUT2D eigenvalue weighted by atomic mass is 9.76. The van der Waals surface area contributed by atoms with Gasteiger partial charge in [0.25, 0.3) is 0 Å². The lowest BCUT2D eigenvalue weighted by molar-refractivity contribution is -0.147. The third-order valence-electron chi connectivity index (χ3n) is 4.81. The van der Waals surface area contributed by atoms with Gasteiger partial charge in [-0.05, 0) is 45.2 Å². The number of rotatable bonds is 8. The molecular formula is C22H36N2O5S2. The second-order valence-electron chi connectivity index (χ2n) is 9.25. The fourth-order valence-electron chi connectivity index (χ4n) is 2.80. The summed E-state index contributed by atoms with van der Waals surface area (Å²) < 4.78 is 49.9. The number of carbonyl (C=O) groups is 1. The molecule has 0 aliphatic heterocycles. The Balaban J connectivity index is 3.55. The van der Waals surface area contributed by atoms with Crippen molar-refractivity contribution in [3.05, 3.63) is 41.8 Å². The minimum atomic E-state index is -3.86. The first-order valence-corrected chi connectivity index (χ1v) is 13.2. The van der Waals surface area contributed by atoms with Gasteiger partial charge in [0.15, 0.2) is 0 Å². The Hall–Kier alpha value is -1.71. The van der Waals surface area contributed by atoms with Crippen molar-refractivity contribution in [2.24, 2.45) is 15.7 Å². The van der Waals surface area contributed by atoms with Crippen LogP contribution in [0.15, 0.2) is 51.1 Å². The van der Waals surface area contributed by atoms with Gasteiger partial charge in [-0.2, -0.15) is 4.72 Å². The molecule has 0 amide bonds. The SMILES string of the molecule is CCOC(=O)[C@@H](NS(=O)(=O)C(C)(C)C)[C@@H](/C=C/S(=O)(=NC)c1ccccc1)C(C)(C)C. The van der Waals surface area contributed by atoms with Crippen molar-refractivity contribution in [3.8, 4) is 0 Å². The molecule has 0 aliphatic carbocycles. The summed E-state index contributed by atoms with van der Waals surface area (Å²) in [5, 5.41) is 1.47. The summed E-state index contributed by atoms with van der Waals surface area (Å²) in [6.07, 6.45) is 1.62. The van der Waals surface area contributed by atoms with Gasteiger partial charge in [0.1, 0.15) is 6.04 Å². The highest BCUT2D eigenvalue weighted by molar-refractivity contribution is 7.96. The quantitative estimate of drug-likeness (QED) is 0.577. The molecule has 1 aromatic carbocycles. The van der Waals surface area contributed by atoms with E-state index in [9.17, 15) is 17.4 Å². The Labute approximate surface area is 187 Å². The Morgan fingerprint density at radius 1 is 1.10 bits per heavy atom. The molecule has 7 nitrogen and oxygen atoms in total. The molecule has 0 bridgehead atoms. The van der Waals surface area contributed by atoms with Gasteiger partial charge < -0.3 is 4.74 Å². The predicted octanol–water partition coefficient (Wildman–Crippen LogP) is 3.97. The van der Waals surface area contributed by atoms with Gasteiger partial charge >= 0.3 is 5.97 Å². The fourth-order valence-corrected chi connectivity index (χ4v) is 5.14. The summed E-state index contributed by atoms with van der Waals surface area (Å²) in [4.78, 5) is 13.4. The van der Waals surface area contributed by atoms with Crippen LogP contribution >= 0.6 is 0 Å². The van der Waals surface area contributed by atoms with Gasteiger partial charge in [0.05, 0.1) is 26.0 Å². The minimum Gasteiger partial charge on any atom is -0.465 e. The molecule has 0 saturated carbocycles. The normalized spacial score (nSPS) is 17.0. The molecule has 0 aromatic heterocycles. The molecule has 1 N–H and O–H groups in total. The van der Waals surface area contributed by atoms with E-state index in [4.69, 9.17) is 4.74 Å². The highest BCUT2D eigenvalue weighted by Crippen LogP contribution is 2.33. The molecule has 0 radical (unpaired) electrons. The van der Waals surface area contributed by atoms with Crippen molar-refractivity contribution in [1.29, 1.82) is 0 Å². The highest BCUT2D eigenvalue weighted by Gasteiger charge is 2.41. The van der Waals surface area contributed by atoms with E-state index < -0.39 is 47.8 Å². The van der Waals surface area contributed by atoms with Crippen molar-refractivity contribution < 1.29 is 22.2 Å². The first-order valence-electron chi connectivity index (χ1n) is 10.2. The van der Waals surface area contributed by atoms with Crippen LogP contribution in [0, 0.1) is 11.3 Å². The van der Waals surface area contributed by atoms with Crippen LogP contribution in [0.25, 0.3) is 0 Å². The van der Waals surface area contributed by atoms with E-state index in [0.29, 0.717) is 4.90 Å². The zero-order chi connectivity index (χ0) is 24.1. The Morgan fingerprint density at radius 2 is 1.65 bits per heavy atom. The van der Waals surface area contributed by atoms with Crippen LogP contribution in [0.3, 0.4) is 0 Å². The van der Waals surface area contributed by atoms with Gasteiger partial charge in [-0.25, -0.2) is 17.0 Å². The minimum absolute atomic E-state index is 0.109. The molecule has 0 saturated heterocycles. The maximum atomic E-state index is 13.4. The Kier molecular flexibility index (Phi) is 9.05. The lowest BCUT2D eigenvalue weighted by Crippen LogP contribution is -2.53. The smallest absolute Gasteiger partial charge is 0.324 e. The number of benzene rings is 1. The first-order chi connectivity index (χ1) is 14.1. The lowest BCUT2D eigenvalue weighted by Gasteiger charge is -2.35. The molecule has 1 unspecified atom stereocenters. The molecule has 1 aromatic rings. The molecule has 176 valence electrons. The summed E-state index contributed by atoms with van der Waals surface area (Å²) in [7, 11) is -5.28. The molecule has 9 heteroatoms. The maximum Gasteiger partial charge on any atom is 0.324 e. The topological polar surface area (TPSA) is 102 Å². The van der Waals surface area contributed by atoms with E-state index in [1.165, 1.54) is 12.5 Å². The molecule has 3 atom stereocenters. The molecule has 31 heavy (non-hydrogen) atoms. The molecule has 0 heterocycles. The van der Waals surface area contributed by atoms with Gasteiger partial charge in [-0.1, -0.05) is 45.0 Å². The standard InChI is InChI=1S/C22H36N2O5S2/c1-9-29-20(25)19(24-31(27,28)22(5,6)7)18(21(2,3)4)15-16-30(26,23-8)17-13-11-10-12-14-17/h10-16,18-19,24H,9H2,1-8H3/b16-15+/t18-,19+,30?/m1/s1. The first kappa shape index (κ1) is 27.3. The van der Waals surface area contributed by atoms with Crippen LogP contribution in [-0.2, 0) is 29.3 Å². The van der Waals surface area contributed by atoms with Gasteiger partial charge in [-0.15, -0.1) is 0 Å². The van der Waals surface area contributed by atoms with E-state index in [2.05, 4.69) is 9.08 Å². The van der Waals surface area contributed by atoms with E-state index in [1.807, 2.05) is 26.8 Å². The summed E-state index contributed by atoms with van der Waals surface area (Å²) in [6.45, 7) is 12.1. The van der Waals surface area contributed by atoms with Gasteiger partial charge in [0.2, 0.25) is 10.0 Å². The average Bonchev–Trinajstić information content (AvgIpc) is 2.65. The molecule has 0 spiro atoms. The maximum absolute atomic E-state index is 13.4. The predicted molar refractivity (Wildman–Crippen MR) is 126 cm³/mol. The van der Waals surface area contributed by atoms with E-state index >= 15 is 0 Å². The van der Waals surface area contributed by atoms with Crippen molar-refractivity contribution in [3.63, 3.8) is 0 Å². The summed E-state index contributed by atoms with van der Waals surface area (Å²) >= 11 is 0. The summed E-state index contributed by atoms with van der Waals surface area (Å²) in [6, 6.07) is 7.62. The fraction of sp³-hybridized carbons (Fsp3) is 0.591. The van der Waals surface area contributed by atoms with E-state index in [0.717, 1.165) is 0 Å². The largest absolute Gasteiger partial charge is 0.465 e. The number of nitrogens with zero attached hydrogens (tertiary/aromatic N) is 1. The summed E-state index contributed by atoms with van der Waals surface area (Å²) in [5.74, 6) is -1.32. The van der Waals surface area contributed by atoms with Crippen molar-refractivity contribution in [2.75, 3.05) is 13.7 Å². The van der Waals surface area contributed by atoms with Gasteiger partial charge in [-0.3, -0.25) is 4.79 Å². The summed E-state index contributed by atoms with van der Waals surface area (Å²) in [5.41, 5.74) is -0.556. The monoisotopic (exact) mass is 472 g/mol. The van der Waals surface area contributed by atoms with E-state index in [1.54, 1.807) is 58.0 Å². The Morgan fingerprint density at radius 3 is 2.06 bits per heavy atom. The number of hydrogen-bond donors (Lipinski definition) is 1. The number of sulfonamides is 1. The second-order valence-corrected chi connectivity index (χ2v) is 14.0. The van der Waals surface area contributed by atoms with Crippen LogP contribution < -0.4 is 4.72 Å². The van der Waals surface area contributed by atoms with E-state index in [-0.39, 0.29) is 6.61 Å². The van der Waals surface area contributed by atoms with Crippen LogP contribution in [0.2, 0.25) is 0 Å². The van der Waals surface area contributed by atoms with Crippen LogP contribution in [0.1, 0.15) is 48.5 Å². The van der Waals surface area contributed by atoms with Crippen molar-refractivity contribution in [2.45, 2.75) is 64.2 Å². The number of ether oxygens (including phenoxy) is 1. The third-order valence-corrected chi connectivity index (χ3v) is 9.00. The number of hydrogen-bond acceptors (Lipinski definition) is 6. The van der Waals surface area contributed by atoms with Crippen LogP contribution in [0.5, 0.6) is 0 Å². The zero-order valence-corrected chi connectivity index (χ0v) is 21.3. The zero-order valence-electron chi connectivity index (χ0n) is 19.7. The van der Waals surface area contributed by atoms with Crippen molar-refractivity contribution >= 4 is 25.7 Å². The number of esters is 1. The van der Waals surface area contributed by atoms with Crippen LogP contribution in [0.4, 0.5) is 0 Å². The van der Waals surface area contributed by atoms with Crippen molar-refractivity contribution in [1.82, 2.24) is 4.72 Å². The number of nitrogens with one attached hydrogen (secondary N) is 1. The van der Waals surface area contributed by atoms with Gasteiger partial charge in [0, 0.05) is 18.4 Å². The molecule has 0 aliphatic rings. The Bertz CT molecular complexity index is 995. The molecule has 1 rings (SSSR count). The van der Waals surface area contributed by atoms with Crippen LogP contribution in [-0.4, -0.2) is 43.0 Å². The second kappa shape index (κ2) is 10.3. The average molecular weight is 473 g/mol. The number of carbonyl (C=O) groups excluding carboxylic acids is 1. The molecular weight excluding hydrogens is 436 g/mol. The highest BCUT2D eigenvalue weighted by atomic mass is 32.2.